The minimum absolute atomic E-state index is 0.0188. The molecule has 2 aromatic carbocycles. The molecule has 4 aromatic rings. The van der Waals surface area contributed by atoms with Gasteiger partial charge in [0, 0.05) is 48.9 Å². The highest BCUT2D eigenvalue weighted by Crippen LogP contribution is 2.24. The number of nitrogen functional groups attached to an aromatic ring is 1. The zero-order valence-corrected chi connectivity index (χ0v) is 18.5. The molecule has 0 atom stereocenters. The van der Waals surface area contributed by atoms with Gasteiger partial charge in [0.1, 0.15) is 0 Å². The van der Waals surface area contributed by atoms with E-state index in [4.69, 9.17) is 5.73 Å². The number of hydrogen-bond donors (Lipinski definition) is 2. The average Bonchev–Trinajstić information content (AvgIpc) is 3.26. The number of nitrogens with one attached hydrogen (secondary N) is 1. The van der Waals surface area contributed by atoms with E-state index in [-0.39, 0.29) is 5.91 Å². The molecule has 1 amide bonds. The standard InChI is InChI=1S/C25H25N5OS/c26-25-29-23(18-32-25)20-9-11-21(12-10-20)28-24(31)13-15-30(16-19-6-2-1-3-7-19)17-22-8-4-5-14-27-22/h1-12,14,18H,13,15-17H2,(H2,26,29)(H,28,31). The highest BCUT2D eigenvalue weighted by atomic mass is 32.1. The molecule has 0 aliphatic carbocycles. The van der Waals surface area contributed by atoms with Gasteiger partial charge in [-0.05, 0) is 29.8 Å². The second-order valence-corrected chi connectivity index (χ2v) is 8.35. The van der Waals surface area contributed by atoms with E-state index < -0.39 is 0 Å². The number of amides is 1. The summed E-state index contributed by atoms with van der Waals surface area (Å²) >= 11 is 1.41. The summed E-state index contributed by atoms with van der Waals surface area (Å²) in [6.45, 7) is 2.08. The van der Waals surface area contributed by atoms with Gasteiger partial charge < -0.3 is 11.1 Å². The maximum absolute atomic E-state index is 12.6. The van der Waals surface area contributed by atoms with E-state index in [2.05, 4.69) is 32.3 Å². The second kappa shape index (κ2) is 10.7. The maximum atomic E-state index is 12.6. The van der Waals surface area contributed by atoms with Crippen LogP contribution in [0.25, 0.3) is 11.3 Å². The van der Waals surface area contributed by atoms with Crippen LogP contribution in [-0.4, -0.2) is 27.3 Å². The summed E-state index contributed by atoms with van der Waals surface area (Å²) < 4.78 is 0. The van der Waals surface area contributed by atoms with Gasteiger partial charge in [-0.15, -0.1) is 11.3 Å². The Kier molecular flexibility index (Phi) is 7.22. The lowest BCUT2D eigenvalue weighted by Gasteiger charge is -2.22. The summed E-state index contributed by atoms with van der Waals surface area (Å²) in [6.07, 6.45) is 2.19. The topological polar surface area (TPSA) is 84.1 Å². The molecule has 6 nitrogen and oxygen atoms in total. The van der Waals surface area contributed by atoms with E-state index in [9.17, 15) is 4.79 Å². The number of aromatic nitrogens is 2. The first-order valence-corrected chi connectivity index (χ1v) is 11.3. The summed E-state index contributed by atoms with van der Waals surface area (Å²) in [6, 6.07) is 23.8. The van der Waals surface area contributed by atoms with Crippen molar-refractivity contribution in [2.45, 2.75) is 19.5 Å². The van der Waals surface area contributed by atoms with Crippen molar-refractivity contribution < 1.29 is 4.79 Å². The van der Waals surface area contributed by atoms with Gasteiger partial charge in [-0.3, -0.25) is 14.7 Å². The molecular weight excluding hydrogens is 418 g/mol. The monoisotopic (exact) mass is 443 g/mol. The SMILES string of the molecule is Nc1nc(-c2ccc(NC(=O)CCN(Cc3ccccc3)Cc3ccccn3)cc2)cs1. The van der Waals surface area contributed by atoms with E-state index in [0.29, 0.717) is 24.6 Å². The molecule has 0 unspecified atom stereocenters. The van der Waals surface area contributed by atoms with Crippen LogP contribution in [-0.2, 0) is 17.9 Å². The Bertz CT molecular complexity index is 1090. The van der Waals surface area contributed by atoms with Crippen LogP contribution in [0, 0.1) is 0 Å². The molecule has 162 valence electrons. The van der Waals surface area contributed by atoms with Gasteiger partial charge in [0.25, 0.3) is 0 Å². The van der Waals surface area contributed by atoms with Crippen molar-refractivity contribution in [3.63, 3.8) is 0 Å². The van der Waals surface area contributed by atoms with E-state index in [0.717, 1.165) is 29.2 Å². The second-order valence-electron chi connectivity index (χ2n) is 7.46. The zero-order chi connectivity index (χ0) is 22.2. The van der Waals surface area contributed by atoms with Crippen molar-refractivity contribution in [1.82, 2.24) is 14.9 Å². The number of hydrogen-bond acceptors (Lipinski definition) is 6. The number of nitrogens with zero attached hydrogens (tertiary/aromatic N) is 3. The molecular formula is C25H25N5OS. The van der Waals surface area contributed by atoms with Crippen molar-refractivity contribution in [3.8, 4) is 11.3 Å². The Hall–Kier alpha value is -3.55. The van der Waals surface area contributed by atoms with Gasteiger partial charge in [0.2, 0.25) is 5.91 Å². The van der Waals surface area contributed by atoms with Gasteiger partial charge in [-0.2, -0.15) is 0 Å². The molecule has 0 fully saturated rings. The van der Waals surface area contributed by atoms with Gasteiger partial charge in [-0.1, -0.05) is 48.5 Å². The fraction of sp³-hybridized carbons (Fsp3) is 0.160. The lowest BCUT2D eigenvalue weighted by atomic mass is 10.1. The molecule has 0 bridgehead atoms. The largest absolute Gasteiger partial charge is 0.375 e. The number of carbonyl (C=O) groups excluding carboxylic acids is 1. The Morgan fingerprint density at radius 2 is 1.75 bits per heavy atom. The van der Waals surface area contributed by atoms with Crippen LogP contribution in [0.3, 0.4) is 0 Å². The van der Waals surface area contributed by atoms with Crippen molar-refractivity contribution in [3.05, 3.63) is 95.6 Å². The van der Waals surface area contributed by atoms with Crippen molar-refractivity contribution in [2.75, 3.05) is 17.6 Å². The van der Waals surface area contributed by atoms with Crippen molar-refractivity contribution >= 4 is 28.1 Å². The molecule has 0 spiro atoms. The first kappa shape index (κ1) is 21.7. The van der Waals surface area contributed by atoms with Crippen LogP contribution < -0.4 is 11.1 Å². The normalized spacial score (nSPS) is 10.9. The molecule has 0 aliphatic rings. The number of nitrogens with two attached hydrogens (primary N) is 1. The molecule has 32 heavy (non-hydrogen) atoms. The van der Waals surface area contributed by atoms with E-state index in [1.165, 1.54) is 16.9 Å². The minimum atomic E-state index is -0.0188. The molecule has 0 saturated carbocycles. The lowest BCUT2D eigenvalue weighted by Crippen LogP contribution is -2.27. The quantitative estimate of drug-likeness (QED) is 0.387. The van der Waals surface area contributed by atoms with Crippen LogP contribution in [0.2, 0.25) is 0 Å². The highest BCUT2D eigenvalue weighted by molar-refractivity contribution is 7.13. The van der Waals surface area contributed by atoms with Crippen LogP contribution in [0.15, 0.2) is 84.4 Å². The smallest absolute Gasteiger partial charge is 0.225 e. The molecule has 4 rings (SSSR count). The summed E-state index contributed by atoms with van der Waals surface area (Å²) in [5.74, 6) is -0.0188. The lowest BCUT2D eigenvalue weighted by molar-refractivity contribution is -0.116. The number of rotatable bonds is 9. The summed E-state index contributed by atoms with van der Waals surface area (Å²) in [5, 5.41) is 5.45. The molecule has 7 heteroatoms. The van der Waals surface area contributed by atoms with Gasteiger partial charge >= 0.3 is 0 Å². The third-order valence-corrected chi connectivity index (χ3v) is 5.68. The predicted molar refractivity (Wildman–Crippen MR) is 130 cm³/mol. The van der Waals surface area contributed by atoms with Crippen LogP contribution in [0.4, 0.5) is 10.8 Å². The summed E-state index contributed by atoms with van der Waals surface area (Å²) in [7, 11) is 0. The van der Waals surface area contributed by atoms with E-state index in [1.54, 1.807) is 6.20 Å². The fourth-order valence-electron chi connectivity index (χ4n) is 3.40. The van der Waals surface area contributed by atoms with E-state index in [1.807, 2.05) is 66.0 Å². The number of pyridine rings is 1. The average molecular weight is 444 g/mol. The summed E-state index contributed by atoms with van der Waals surface area (Å²) in [5.41, 5.74) is 10.5. The van der Waals surface area contributed by atoms with Gasteiger partial charge in [0.05, 0.1) is 11.4 Å². The number of thiazole rings is 1. The first-order chi connectivity index (χ1) is 15.7. The number of anilines is 2. The van der Waals surface area contributed by atoms with Gasteiger partial charge in [-0.25, -0.2) is 4.98 Å². The van der Waals surface area contributed by atoms with E-state index >= 15 is 0 Å². The predicted octanol–water partition coefficient (Wildman–Crippen LogP) is 4.82. The summed E-state index contributed by atoms with van der Waals surface area (Å²) in [4.78, 5) is 23.6. The maximum Gasteiger partial charge on any atom is 0.225 e. The van der Waals surface area contributed by atoms with Crippen LogP contribution in [0.5, 0.6) is 0 Å². The Labute approximate surface area is 191 Å². The fourth-order valence-corrected chi connectivity index (χ4v) is 3.98. The van der Waals surface area contributed by atoms with Crippen LogP contribution in [0.1, 0.15) is 17.7 Å². The molecule has 3 N–H and O–H groups in total. The van der Waals surface area contributed by atoms with Gasteiger partial charge in [0.15, 0.2) is 5.13 Å². The molecule has 0 aliphatic heterocycles. The molecule has 2 heterocycles. The first-order valence-electron chi connectivity index (χ1n) is 10.4. The Balaban J connectivity index is 1.35. The minimum Gasteiger partial charge on any atom is -0.375 e. The van der Waals surface area contributed by atoms with Crippen molar-refractivity contribution in [1.29, 1.82) is 0 Å². The molecule has 2 aromatic heterocycles. The molecule has 0 radical (unpaired) electrons. The number of carbonyl (C=O) groups is 1. The number of benzene rings is 2. The third kappa shape index (κ3) is 6.23. The van der Waals surface area contributed by atoms with Crippen LogP contribution >= 0.6 is 11.3 Å². The third-order valence-electron chi connectivity index (χ3n) is 5.00. The van der Waals surface area contributed by atoms with Crippen molar-refractivity contribution in [2.24, 2.45) is 0 Å². The molecule has 0 saturated heterocycles. The Morgan fingerprint density at radius 1 is 0.969 bits per heavy atom. The highest BCUT2D eigenvalue weighted by Gasteiger charge is 2.11. The zero-order valence-electron chi connectivity index (χ0n) is 17.6. The Morgan fingerprint density at radius 3 is 2.44 bits per heavy atom.